The maximum absolute atomic E-state index is 14.8. The van der Waals surface area contributed by atoms with Crippen molar-refractivity contribution < 1.29 is 26.4 Å². The maximum Gasteiger partial charge on any atom is 0.321 e. The van der Waals surface area contributed by atoms with Gasteiger partial charge >= 0.3 is 6.03 Å². The number of amides is 2. The Balaban J connectivity index is 1.83. The number of hydrogen-bond donors (Lipinski definition) is 2. The van der Waals surface area contributed by atoms with Crippen molar-refractivity contribution in [2.24, 2.45) is 0 Å². The molecule has 10 heteroatoms. The Morgan fingerprint density at radius 3 is 2.44 bits per heavy atom. The molecule has 1 saturated heterocycles. The van der Waals surface area contributed by atoms with Crippen LogP contribution < -0.4 is 10.0 Å². The molecule has 0 radical (unpaired) electrons. The first-order valence-corrected chi connectivity index (χ1v) is 12.1. The highest BCUT2D eigenvalue weighted by Crippen LogP contribution is 2.35. The standard InChI is InChI=1S/C22H26F3N3O3S/c1-3-32(30,31)27-15-6-5-10-28(11-9-15)22(29)26-21-16(12-14(2)13-19(21)25)20-17(23)7-4-8-18(20)24/h4,7-8,12-13,15,27H,3,5-6,9-11H2,1-2H3,(H,26,29)/t15-/m0/s1. The summed E-state index contributed by atoms with van der Waals surface area (Å²) in [6.45, 7) is 3.72. The molecule has 6 nitrogen and oxygen atoms in total. The minimum Gasteiger partial charge on any atom is -0.324 e. The highest BCUT2D eigenvalue weighted by molar-refractivity contribution is 7.89. The second-order valence-corrected chi connectivity index (χ2v) is 9.87. The molecule has 0 spiro atoms. The normalized spacial score (nSPS) is 17.2. The van der Waals surface area contributed by atoms with Gasteiger partial charge in [0.2, 0.25) is 10.0 Å². The van der Waals surface area contributed by atoms with E-state index in [0.29, 0.717) is 31.4 Å². The molecule has 1 aliphatic heterocycles. The SMILES string of the molecule is CCS(=O)(=O)N[C@H]1CCCN(C(=O)Nc2c(F)cc(C)cc2-c2c(F)cccc2F)CC1. The van der Waals surface area contributed by atoms with E-state index < -0.39 is 39.1 Å². The highest BCUT2D eigenvalue weighted by atomic mass is 32.2. The van der Waals surface area contributed by atoms with Crippen molar-refractivity contribution >= 4 is 21.7 Å². The van der Waals surface area contributed by atoms with E-state index in [9.17, 15) is 26.4 Å². The molecule has 3 rings (SSSR count). The summed E-state index contributed by atoms with van der Waals surface area (Å²) in [7, 11) is -3.37. The van der Waals surface area contributed by atoms with E-state index in [2.05, 4.69) is 10.0 Å². The van der Waals surface area contributed by atoms with Gasteiger partial charge in [0.1, 0.15) is 17.5 Å². The molecule has 0 aliphatic carbocycles. The number of sulfonamides is 1. The van der Waals surface area contributed by atoms with Gasteiger partial charge in [-0.2, -0.15) is 0 Å². The van der Waals surface area contributed by atoms with Gasteiger partial charge in [0.25, 0.3) is 0 Å². The minimum atomic E-state index is -3.37. The number of anilines is 1. The fourth-order valence-electron chi connectivity index (χ4n) is 3.76. The molecular weight excluding hydrogens is 443 g/mol. The summed E-state index contributed by atoms with van der Waals surface area (Å²) < 4.78 is 69.8. The highest BCUT2D eigenvalue weighted by Gasteiger charge is 2.25. The van der Waals surface area contributed by atoms with Gasteiger partial charge in [-0.3, -0.25) is 0 Å². The second-order valence-electron chi connectivity index (χ2n) is 7.83. The van der Waals surface area contributed by atoms with Crippen LogP contribution in [-0.2, 0) is 10.0 Å². The van der Waals surface area contributed by atoms with Crippen molar-refractivity contribution in [1.29, 1.82) is 0 Å². The quantitative estimate of drug-likeness (QED) is 0.681. The van der Waals surface area contributed by atoms with Gasteiger partial charge in [0.15, 0.2) is 0 Å². The van der Waals surface area contributed by atoms with Crippen LogP contribution in [0.15, 0.2) is 30.3 Å². The number of hydrogen-bond acceptors (Lipinski definition) is 3. The van der Waals surface area contributed by atoms with E-state index >= 15 is 0 Å². The topological polar surface area (TPSA) is 78.5 Å². The minimum absolute atomic E-state index is 0.0320. The van der Waals surface area contributed by atoms with Crippen LogP contribution in [0.3, 0.4) is 0 Å². The van der Waals surface area contributed by atoms with Crippen molar-refractivity contribution in [1.82, 2.24) is 9.62 Å². The summed E-state index contributed by atoms with van der Waals surface area (Å²) in [5.74, 6) is -2.58. The van der Waals surface area contributed by atoms with Crippen LogP contribution in [0.5, 0.6) is 0 Å². The molecule has 1 fully saturated rings. The lowest BCUT2D eigenvalue weighted by atomic mass is 9.99. The monoisotopic (exact) mass is 469 g/mol. The average Bonchev–Trinajstić information content (AvgIpc) is 2.95. The van der Waals surface area contributed by atoms with Crippen LogP contribution in [-0.4, -0.2) is 44.2 Å². The lowest BCUT2D eigenvalue weighted by Gasteiger charge is -2.23. The van der Waals surface area contributed by atoms with Crippen LogP contribution in [0.25, 0.3) is 11.1 Å². The van der Waals surface area contributed by atoms with Crippen LogP contribution in [0.2, 0.25) is 0 Å². The first-order valence-electron chi connectivity index (χ1n) is 10.4. The van der Waals surface area contributed by atoms with Crippen molar-refractivity contribution in [3.63, 3.8) is 0 Å². The van der Waals surface area contributed by atoms with Crippen LogP contribution in [0, 0.1) is 24.4 Å². The third kappa shape index (κ3) is 5.60. The predicted octanol–water partition coefficient (Wildman–Crippen LogP) is 4.41. The Labute approximate surface area is 185 Å². The largest absolute Gasteiger partial charge is 0.324 e. The Kier molecular flexibility index (Phi) is 7.45. The maximum atomic E-state index is 14.8. The molecule has 1 atom stereocenters. The van der Waals surface area contributed by atoms with Crippen molar-refractivity contribution in [3.8, 4) is 11.1 Å². The van der Waals surface area contributed by atoms with E-state index in [-0.39, 0.29) is 29.6 Å². The van der Waals surface area contributed by atoms with E-state index in [1.807, 2.05) is 0 Å². The molecule has 2 amide bonds. The van der Waals surface area contributed by atoms with Gasteiger partial charge in [0.05, 0.1) is 17.0 Å². The van der Waals surface area contributed by atoms with Gasteiger partial charge in [-0.25, -0.2) is 31.1 Å². The summed E-state index contributed by atoms with van der Waals surface area (Å²) in [4.78, 5) is 14.3. The molecule has 2 aromatic rings. The number of urea groups is 1. The molecule has 174 valence electrons. The fourth-order valence-corrected chi connectivity index (χ4v) is 4.67. The summed E-state index contributed by atoms with van der Waals surface area (Å²) in [6, 6.07) is 5.02. The third-order valence-electron chi connectivity index (χ3n) is 5.44. The lowest BCUT2D eigenvalue weighted by Crippen LogP contribution is -2.38. The molecule has 0 unspecified atom stereocenters. The van der Waals surface area contributed by atoms with Crippen LogP contribution in [0.4, 0.5) is 23.7 Å². The van der Waals surface area contributed by atoms with Gasteiger partial charge < -0.3 is 10.2 Å². The zero-order chi connectivity index (χ0) is 23.5. The second kappa shape index (κ2) is 9.91. The number of likely N-dealkylation sites (tertiary alicyclic amines) is 1. The number of carbonyl (C=O) groups is 1. The summed E-state index contributed by atoms with van der Waals surface area (Å²) >= 11 is 0. The Bertz CT molecular complexity index is 1090. The van der Waals surface area contributed by atoms with Gasteiger partial charge in [-0.15, -0.1) is 0 Å². The number of aryl methyl sites for hydroxylation is 1. The number of rotatable bonds is 5. The zero-order valence-corrected chi connectivity index (χ0v) is 18.7. The molecule has 32 heavy (non-hydrogen) atoms. The number of nitrogens with zero attached hydrogens (tertiary/aromatic N) is 1. The Hall–Kier alpha value is -2.59. The Morgan fingerprint density at radius 2 is 1.78 bits per heavy atom. The fraction of sp³-hybridized carbons (Fsp3) is 0.409. The first kappa shape index (κ1) is 24.1. The van der Waals surface area contributed by atoms with Crippen LogP contribution >= 0.6 is 0 Å². The Morgan fingerprint density at radius 1 is 1.09 bits per heavy atom. The molecule has 1 aliphatic rings. The van der Waals surface area contributed by atoms with E-state index in [4.69, 9.17) is 0 Å². The molecule has 2 N–H and O–H groups in total. The lowest BCUT2D eigenvalue weighted by molar-refractivity contribution is 0.213. The molecule has 0 saturated carbocycles. The van der Waals surface area contributed by atoms with E-state index in [1.54, 1.807) is 13.8 Å². The molecule has 0 aromatic heterocycles. The molecule has 0 bridgehead atoms. The first-order chi connectivity index (χ1) is 15.1. The van der Waals surface area contributed by atoms with Gasteiger partial charge in [-0.1, -0.05) is 6.07 Å². The number of benzene rings is 2. The summed E-state index contributed by atoms with van der Waals surface area (Å²) in [5, 5.41) is 2.47. The average molecular weight is 470 g/mol. The van der Waals surface area contributed by atoms with Crippen molar-refractivity contribution in [3.05, 3.63) is 53.3 Å². The number of nitrogens with one attached hydrogen (secondary N) is 2. The van der Waals surface area contributed by atoms with Crippen LogP contribution in [0.1, 0.15) is 31.7 Å². The summed E-state index contributed by atoms with van der Waals surface area (Å²) in [5.41, 5.74) is -0.374. The van der Waals surface area contributed by atoms with Crippen molar-refractivity contribution in [2.75, 3.05) is 24.2 Å². The predicted molar refractivity (Wildman–Crippen MR) is 117 cm³/mol. The number of halogens is 3. The van der Waals surface area contributed by atoms with E-state index in [1.165, 1.54) is 23.1 Å². The number of carbonyl (C=O) groups excluding carboxylic acids is 1. The zero-order valence-electron chi connectivity index (χ0n) is 17.9. The van der Waals surface area contributed by atoms with Gasteiger partial charge in [-0.05, 0) is 62.9 Å². The molecule has 1 heterocycles. The molecule has 2 aromatic carbocycles. The third-order valence-corrected chi connectivity index (χ3v) is 6.89. The smallest absolute Gasteiger partial charge is 0.321 e. The van der Waals surface area contributed by atoms with E-state index in [0.717, 1.165) is 12.1 Å². The summed E-state index contributed by atoms with van der Waals surface area (Å²) in [6.07, 6.45) is 1.51. The molecular formula is C22H26F3N3O3S. The van der Waals surface area contributed by atoms with Crippen molar-refractivity contribution in [2.45, 2.75) is 39.2 Å². The van der Waals surface area contributed by atoms with Gasteiger partial charge in [0, 0.05) is 24.7 Å².